The predicted octanol–water partition coefficient (Wildman–Crippen LogP) is 5.48. The third-order valence-corrected chi connectivity index (χ3v) is 4.28. The molecule has 136 valence electrons. The Kier molecular flexibility index (Phi) is 7.14. The number of Topliss-reactive ketones (excluding diaryl/α,β-unsaturated/α-hetero) is 1. The zero-order valence-corrected chi connectivity index (χ0v) is 16.0. The van der Waals surface area contributed by atoms with Crippen molar-refractivity contribution in [2.75, 3.05) is 0 Å². The number of carbonyl (C=O) groups excluding carboxylic acids is 2. The molecule has 0 unspecified atom stereocenters. The van der Waals surface area contributed by atoms with Crippen molar-refractivity contribution in [3.8, 4) is 0 Å². The first-order valence-corrected chi connectivity index (χ1v) is 8.79. The van der Waals surface area contributed by atoms with Crippen molar-refractivity contribution in [1.29, 1.82) is 0 Å². The summed E-state index contributed by atoms with van der Waals surface area (Å²) in [6, 6.07) is 22.1. The van der Waals surface area contributed by atoms with Crippen LogP contribution in [0.2, 0.25) is 0 Å². The molecule has 3 aromatic rings. The topological polar surface area (TPSA) is 77.3 Å². The van der Waals surface area contributed by atoms with Crippen LogP contribution in [0.1, 0.15) is 33.2 Å². The first-order chi connectivity index (χ1) is 12.9. The van der Waals surface area contributed by atoms with E-state index in [2.05, 4.69) is 15.9 Å². The van der Waals surface area contributed by atoms with Crippen LogP contribution in [0.4, 0.5) is 5.69 Å². The number of hydrogen-bond donors (Lipinski definition) is 0. The Morgan fingerprint density at radius 3 is 1.78 bits per heavy atom. The first-order valence-electron chi connectivity index (χ1n) is 8.00. The second-order valence-corrected chi connectivity index (χ2v) is 6.39. The Bertz CT molecular complexity index is 956. The van der Waals surface area contributed by atoms with Gasteiger partial charge in [0.25, 0.3) is 5.69 Å². The van der Waals surface area contributed by atoms with Gasteiger partial charge in [0, 0.05) is 33.3 Å². The van der Waals surface area contributed by atoms with Gasteiger partial charge in [-0.3, -0.25) is 19.7 Å². The summed E-state index contributed by atoms with van der Waals surface area (Å²) < 4.78 is 0.422. The summed E-state index contributed by atoms with van der Waals surface area (Å²) in [6.07, 6.45) is 0. The number of nitrogens with zero attached hydrogens (tertiary/aromatic N) is 1. The Morgan fingerprint density at radius 1 is 0.852 bits per heavy atom. The van der Waals surface area contributed by atoms with Crippen LogP contribution >= 0.6 is 15.9 Å². The van der Waals surface area contributed by atoms with Crippen molar-refractivity contribution in [1.82, 2.24) is 0 Å². The highest BCUT2D eigenvalue weighted by Crippen LogP contribution is 2.25. The molecule has 0 aliphatic rings. The quantitative estimate of drug-likeness (QED) is 0.315. The third-order valence-electron chi connectivity index (χ3n) is 3.62. The summed E-state index contributed by atoms with van der Waals surface area (Å²) in [7, 11) is 0. The number of nitro groups is 1. The van der Waals surface area contributed by atoms with Crippen molar-refractivity contribution in [2.24, 2.45) is 0 Å². The highest BCUT2D eigenvalue weighted by molar-refractivity contribution is 9.10. The zero-order chi connectivity index (χ0) is 19.8. The molecule has 0 N–H and O–H groups in total. The van der Waals surface area contributed by atoms with E-state index in [0.717, 1.165) is 5.56 Å². The summed E-state index contributed by atoms with van der Waals surface area (Å²) in [5, 5.41) is 10.6. The van der Waals surface area contributed by atoms with Gasteiger partial charge in [0.2, 0.25) is 0 Å². The number of rotatable bonds is 4. The minimum atomic E-state index is -0.498. The van der Waals surface area contributed by atoms with Crippen LogP contribution in [-0.4, -0.2) is 16.5 Å². The summed E-state index contributed by atoms with van der Waals surface area (Å²) in [5.41, 5.74) is 1.68. The number of ketones is 2. The summed E-state index contributed by atoms with van der Waals surface area (Å²) in [4.78, 5) is 32.9. The molecular formula is C21H16BrNO4. The number of hydrogen-bond acceptors (Lipinski definition) is 4. The van der Waals surface area contributed by atoms with E-state index in [9.17, 15) is 19.7 Å². The highest BCUT2D eigenvalue weighted by Gasteiger charge is 2.15. The third kappa shape index (κ3) is 5.69. The molecule has 0 saturated heterocycles. The molecule has 6 heteroatoms. The lowest BCUT2D eigenvalue weighted by Crippen LogP contribution is -2.02. The first kappa shape index (κ1) is 20.2. The largest absolute Gasteiger partial charge is 0.295 e. The fourth-order valence-corrected chi connectivity index (χ4v) is 2.77. The van der Waals surface area contributed by atoms with Crippen LogP contribution in [0.25, 0.3) is 0 Å². The smallest absolute Gasteiger partial charge is 0.270 e. The number of benzene rings is 3. The number of carbonyl (C=O) groups is 2. The summed E-state index contributed by atoms with van der Waals surface area (Å²) in [6.45, 7) is 1.56. The highest BCUT2D eigenvalue weighted by atomic mass is 79.9. The summed E-state index contributed by atoms with van der Waals surface area (Å²) >= 11 is 3.19. The molecule has 27 heavy (non-hydrogen) atoms. The molecule has 0 aromatic heterocycles. The molecule has 5 nitrogen and oxygen atoms in total. The lowest BCUT2D eigenvalue weighted by Gasteiger charge is -2.03. The molecule has 0 atom stereocenters. The average molecular weight is 426 g/mol. The van der Waals surface area contributed by atoms with E-state index >= 15 is 0 Å². The molecule has 0 saturated carbocycles. The second-order valence-electron chi connectivity index (χ2n) is 5.54. The van der Waals surface area contributed by atoms with Crippen molar-refractivity contribution in [3.63, 3.8) is 0 Å². The molecule has 0 spiro atoms. The summed E-state index contributed by atoms with van der Waals surface area (Å²) in [5.74, 6) is -0.0482. The van der Waals surface area contributed by atoms with E-state index in [1.807, 2.05) is 36.4 Å². The van der Waals surface area contributed by atoms with E-state index in [1.165, 1.54) is 18.2 Å². The molecule has 0 radical (unpaired) electrons. The van der Waals surface area contributed by atoms with Gasteiger partial charge in [-0.2, -0.15) is 0 Å². The van der Waals surface area contributed by atoms with Gasteiger partial charge in [-0.25, -0.2) is 0 Å². The molecule has 0 aliphatic carbocycles. The van der Waals surface area contributed by atoms with Crippen LogP contribution in [0, 0.1) is 10.1 Å². The number of halogens is 1. The van der Waals surface area contributed by atoms with Crippen molar-refractivity contribution in [3.05, 3.63) is 110 Å². The second kappa shape index (κ2) is 9.54. The molecular weight excluding hydrogens is 410 g/mol. The van der Waals surface area contributed by atoms with Gasteiger partial charge in [0.05, 0.1) is 4.92 Å². The van der Waals surface area contributed by atoms with E-state index in [0.29, 0.717) is 15.6 Å². The Balaban J connectivity index is 0.000000244. The molecule has 0 aliphatic heterocycles. The van der Waals surface area contributed by atoms with E-state index in [-0.39, 0.29) is 17.3 Å². The van der Waals surface area contributed by atoms with Crippen molar-refractivity contribution in [2.45, 2.75) is 6.92 Å². The zero-order valence-electron chi connectivity index (χ0n) is 14.5. The van der Waals surface area contributed by atoms with Crippen LogP contribution < -0.4 is 0 Å². The molecule has 0 heterocycles. The maximum atomic E-state index is 12.1. The van der Waals surface area contributed by atoms with Gasteiger partial charge >= 0.3 is 0 Å². The van der Waals surface area contributed by atoms with Gasteiger partial charge < -0.3 is 0 Å². The maximum Gasteiger partial charge on any atom is 0.270 e. The SMILES string of the molecule is CC(=O)c1ccccc1.O=C(c1ccccc1)c1ccc([N+](=O)[O-])cc1Br. The lowest BCUT2D eigenvalue weighted by atomic mass is 10.0. The molecule has 0 fully saturated rings. The van der Waals surface area contributed by atoms with Crippen molar-refractivity contribution < 1.29 is 14.5 Å². The average Bonchev–Trinajstić information content (AvgIpc) is 2.69. The van der Waals surface area contributed by atoms with Gasteiger partial charge in [0.15, 0.2) is 11.6 Å². The van der Waals surface area contributed by atoms with Crippen LogP contribution in [0.5, 0.6) is 0 Å². The van der Waals surface area contributed by atoms with E-state index in [4.69, 9.17) is 0 Å². The monoisotopic (exact) mass is 425 g/mol. The maximum absolute atomic E-state index is 12.1. The fourth-order valence-electron chi connectivity index (χ4n) is 2.22. The Morgan fingerprint density at radius 2 is 1.37 bits per heavy atom. The lowest BCUT2D eigenvalue weighted by molar-refractivity contribution is -0.384. The molecule has 3 rings (SSSR count). The molecule has 0 amide bonds. The fraction of sp³-hybridized carbons (Fsp3) is 0.0476. The number of nitro benzene ring substituents is 1. The Labute approximate surface area is 164 Å². The Hall–Kier alpha value is -3.12. The van der Waals surface area contributed by atoms with Crippen molar-refractivity contribution >= 4 is 33.2 Å². The molecule has 0 bridgehead atoms. The standard InChI is InChI=1S/C13H8BrNO3.C8H8O/c14-12-8-10(15(17)18)6-7-11(12)13(16)9-4-2-1-3-5-9;1-7(9)8-5-3-2-4-6-8/h1-8H;2-6H,1H3. The van der Waals surface area contributed by atoms with Crippen LogP contribution in [0.3, 0.4) is 0 Å². The molecule has 3 aromatic carbocycles. The van der Waals surface area contributed by atoms with Crippen LogP contribution in [-0.2, 0) is 0 Å². The number of non-ortho nitro benzene ring substituents is 1. The van der Waals surface area contributed by atoms with Gasteiger partial charge in [-0.15, -0.1) is 0 Å². The van der Waals surface area contributed by atoms with Gasteiger partial charge in [-0.1, -0.05) is 60.7 Å². The normalized spacial score (nSPS) is 9.70. The minimum Gasteiger partial charge on any atom is -0.295 e. The van der Waals surface area contributed by atoms with E-state index in [1.54, 1.807) is 31.2 Å². The van der Waals surface area contributed by atoms with Gasteiger partial charge in [0.1, 0.15) is 0 Å². The van der Waals surface area contributed by atoms with Crippen LogP contribution in [0.15, 0.2) is 83.3 Å². The predicted molar refractivity (Wildman–Crippen MR) is 107 cm³/mol. The van der Waals surface area contributed by atoms with Gasteiger partial charge in [-0.05, 0) is 28.9 Å². The van der Waals surface area contributed by atoms with E-state index < -0.39 is 4.92 Å². The minimum absolute atomic E-state index is 0.0495.